The number of carbonyl (C=O) groups excluding carboxylic acids is 1. The van der Waals surface area contributed by atoms with Gasteiger partial charge in [-0.25, -0.2) is 0 Å². The molecule has 2 rings (SSSR count). The van der Waals surface area contributed by atoms with Crippen LogP contribution in [0.5, 0.6) is 0 Å². The van der Waals surface area contributed by atoms with E-state index in [0.717, 1.165) is 5.57 Å². The first kappa shape index (κ1) is 7.99. The maximum absolute atomic E-state index is 11.5. The van der Waals surface area contributed by atoms with Crippen molar-refractivity contribution in [1.82, 2.24) is 0 Å². The molecule has 0 aliphatic heterocycles. The minimum absolute atomic E-state index is 0.212. The summed E-state index contributed by atoms with van der Waals surface area (Å²) in [5.74, 6) is 0.212. The molecule has 2 heteroatoms. The molecule has 1 N–H and O–H groups in total. The number of hydrogen-bond donors (Lipinski definition) is 1. The molecule has 0 bridgehead atoms. The third kappa shape index (κ3) is 0.712. The Hall–Kier alpha value is -0.630. The van der Waals surface area contributed by atoms with Gasteiger partial charge in [0, 0.05) is 6.42 Å². The standard InChI is InChI=1S/C10H14O2/c1-7-5-9(2)8(11)3-4-10(9,12)6-7/h12H,1,3-6H2,2H3/t9-,10+/m0/s1. The minimum Gasteiger partial charge on any atom is -0.388 e. The van der Waals surface area contributed by atoms with Gasteiger partial charge in [0.25, 0.3) is 0 Å². The highest BCUT2D eigenvalue weighted by molar-refractivity contribution is 5.89. The molecule has 2 nitrogen and oxygen atoms in total. The summed E-state index contributed by atoms with van der Waals surface area (Å²) >= 11 is 0. The molecule has 0 amide bonds. The molecule has 0 saturated heterocycles. The second kappa shape index (κ2) is 1.99. The average molecular weight is 166 g/mol. The molecule has 0 heterocycles. The SMILES string of the molecule is C=C1C[C@]2(O)CCC(=O)[C@]2(C)C1. The Morgan fingerprint density at radius 1 is 1.50 bits per heavy atom. The number of rotatable bonds is 0. The molecule has 12 heavy (non-hydrogen) atoms. The van der Waals surface area contributed by atoms with Crippen LogP contribution >= 0.6 is 0 Å². The predicted octanol–water partition coefficient (Wildman–Crippen LogP) is 1.44. The molecule has 2 aliphatic carbocycles. The van der Waals surface area contributed by atoms with Crippen molar-refractivity contribution in [2.45, 2.75) is 38.2 Å². The smallest absolute Gasteiger partial charge is 0.142 e. The minimum atomic E-state index is -0.763. The third-order valence-electron chi connectivity index (χ3n) is 3.55. The average Bonchev–Trinajstić information content (AvgIpc) is 2.28. The summed E-state index contributed by atoms with van der Waals surface area (Å²) in [6.07, 6.45) is 2.47. The van der Waals surface area contributed by atoms with E-state index in [-0.39, 0.29) is 5.78 Å². The second-order valence-corrected chi connectivity index (χ2v) is 4.39. The normalized spacial score (nSPS) is 46.8. The van der Waals surface area contributed by atoms with Crippen molar-refractivity contribution >= 4 is 5.78 Å². The highest BCUT2D eigenvalue weighted by Gasteiger charge is 2.60. The van der Waals surface area contributed by atoms with Gasteiger partial charge in [-0.1, -0.05) is 12.2 Å². The number of aliphatic hydroxyl groups is 1. The van der Waals surface area contributed by atoms with Crippen LogP contribution in [0.25, 0.3) is 0 Å². The molecule has 0 unspecified atom stereocenters. The highest BCUT2D eigenvalue weighted by Crippen LogP contribution is 2.56. The topological polar surface area (TPSA) is 37.3 Å². The summed E-state index contributed by atoms with van der Waals surface area (Å²) in [6.45, 7) is 5.72. The third-order valence-corrected chi connectivity index (χ3v) is 3.55. The van der Waals surface area contributed by atoms with Gasteiger partial charge in [-0.2, -0.15) is 0 Å². The maximum Gasteiger partial charge on any atom is 0.142 e. The van der Waals surface area contributed by atoms with Crippen LogP contribution in [0.2, 0.25) is 0 Å². The Morgan fingerprint density at radius 2 is 2.17 bits per heavy atom. The van der Waals surface area contributed by atoms with Crippen LogP contribution in [0.4, 0.5) is 0 Å². The fraction of sp³-hybridized carbons (Fsp3) is 0.700. The number of carbonyl (C=O) groups is 1. The second-order valence-electron chi connectivity index (χ2n) is 4.39. The van der Waals surface area contributed by atoms with E-state index in [1.807, 2.05) is 6.92 Å². The van der Waals surface area contributed by atoms with Crippen molar-refractivity contribution in [3.05, 3.63) is 12.2 Å². The first-order chi connectivity index (χ1) is 5.48. The van der Waals surface area contributed by atoms with E-state index in [9.17, 15) is 9.90 Å². The van der Waals surface area contributed by atoms with E-state index >= 15 is 0 Å². The summed E-state index contributed by atoms with van der Waals surface area (Å²) in [6, 6.07) is 0. The van der Waals surface area contributed by atoms with Crippen molar-refractivity contribution in [3.63, 3.8) is 0 Å². The Kier molecular flexibility index (Phi) is 1.33. The van der Waals surface area contributed by atoms with Crippen molar-refractivity contribution in [2.75, 3.05) is 0 Å². The van der Waals surface area contributed by atoms with Crippen molar-refractivity contribution in [2.24, 2.45) is 5.41 Å². The van der Waals surface area contributed by atoms with Crippen LogP contribution in [-0.4, -0.2) is 16.5 Å². The Morgan fingerprint density at radius 3 is 2.75 bits per heavy atom. The lowest BCUT2D eigenvalue weighted by Crippen LogP contribution is -2.40. The van der Waals surface area contributed by atoms with Crippen LogP contribution in [0.1, 0.15) is 32.6 Å². The summed E-state index contributed by atoms with van der Waals surface area (Å²) in [5.41, 5.74) is -0.251. The van der Waals surface area contributed by atoms with Gasteiger partial charge < -0.3 is 5.11 Å². The predicted molar refractivity (Wildman–Crippen MR) is 45.7 cm³/mol. The molecule has 0 spiro atoms. The molecule has 0 aromatic carbocycles. The van der Waals surface area contributed by atoms with Crippen molar-refractivity contribution in [3.8, 4) is 0 Å². The van der Waals surface area contributed by atoms with E-state index in [4.69, 9.17) is 0 Å². The number of Topliss-reactive ketones (excluding diaryl/α,β-unsaturated/α-hetero) is 1. The fourth-order valence-corrected chi connectivity index (χ4v) is 2.65. The first-order valence-electron chi connectivity index (χ1n) is 4.40. The molecule has 2 aliphatic rings. The molecular formula is C10H14O2. The monoisotopic (exact) mass is 166 g/mol. The lowest BCUT2D eigenvalue weighted by Gasteiger charge is -2.30. The van der Waals surface area contributed by atoms with E-state index in [1.54, 1.807) is 0 Å². The van der Waals surface area contributed by atoms with Crippen LogP contribution in [0.3, 0.4) is 0 Å². The van der Waals surface area contributed by atoms with Gasteiger partial charge >= 0.3 is 0 Å². The molecule has 0 aromatic heterocycles. The summed E-state index contributed by atoms with van der Waals surface area (Å²) in [5, 5.41) is 10.1. The van der Waals surface area contributed by atoms with Crippen LogP contribution in [0, 0.1) is 5.41 Å². The van der Waals surface area contributed by atoms with Gasteiger partial charge in [-0.15, -0.1) is 0 Å². The quantitative estimate of drug-likeness (QED) is 0.553. The van der Waals surface area contributed by atoms with Crippen molar-refractivity contribution in [1.29, 1.82) is 0 Å². The first-order valence-corrected chi connectivity index (χ1v) is 4.40. The van der Waals surface area contributed by atoms with Gasteiger partial charge in [0.15, 0.2) is 0 Å². The maximum atomic E-state index is 11.5. The largest absolute Gasteiger partial charge is 0.388 e. The van der Waals surface area contributed by atoms with Crippen LogP contribution < -0.4 is 0 Å². The lowest BCUT2D eigenvalue weighted by molar-refractivity contribution is -0.131. The van der Waals surface area contributed by atoms with E-state index in [1.165, 1.54) is 0 Å². The highest BCUT2D eigenvalue weighted by atomic mass is 16.3. The zero-order valence-electron chi connectivity index (χ0n) is 7.39. The summed E-state index contributed by atoms with van der Waals surface area (Å²) in [7, 11) is 0. The fourth-order valence-electron chi connectivity index (χ4n) is 2.65. The zero-order chi connectivity index (χ0) is 8.98. The van der Waals surface area contributed by atoms with Crippen LogP contribution in [0.15, 0.2) is 12.2 Å². The molecule has 2 atom stereocenters. The van der Waals surface area contributed by atoms with E-state index in [2.05, 4.69) is 6.58 Å². The number of fused-ring (bicyclic) bond motifs is 1. The Labute approximate surface area is 72.3 Å². The Bertz CT molecular complexity index is 269. The lowest BCUT2D eigenvalue weighted by atomic mass is 9.78. The molecular weight excluding hydrogens is 152 g/mol. The van der Waals surface area contributed by atoms with E-state index in [0.29, 0.717) is 25.7 Å². The summed E-state index contributed by atoms with van der Waals surface area (Å²) in [4.78, 5) is 11.5. The van der Waals surface area contributed by atoms with Crippen LogP contribution in [-0.2, 0) is 4.79 Å². The van der Waals surface area contributed by atoms with Gasteiger partial charge in [-0.3, -0.25) is 4.79 Å². The molecule has 2 fully saturated rings. The molecule has 0 aromatic rings. The Balaban J connectivity index is 2.45. The number of ketones is 1. The molecule has 2 saturated carbocycles. The van der Waals surface area contributed by atoms with Gasteiger partial charge in [-0.05, 0) is 26.2 Å². The van der Waals surface area contributed by atoms with Gasteiger partial charge in [0.2, 0.25) is 0 Å². The molecule has 66 valence electrons. The summed E-state index contributed by atoms with van der Waals surface area (Å²) < 4.78 is 0. The van der Waals surface area contributed by atoms with E-state index < -0.39 is 11.0 Å². The number of hydrogen-bond acceptors (Lipinski definition) is 2. The van der Waals surface area contributed by atoms with Crippen molar-refractivity contribution < 1.29 is 9.90 Å². The molecule has 0 radical (unpaired) electrons. The van der Waals surface area contributed by atoms with Gasteiger partial charge in [0.05, 0.1) is 11.0 Å². The van der Waals surface area contributed by atoms with Gasteiger partial charge in [0.1, 0.15) is 5.78 Å². The zero-order valence-corrected chi connectivity index (χ0v) is 7.39.